The van der Waals surface area contributed by atoms with Crippen LogP contribution in [0.3, 0.4) is 0 Å². The molecule has 0 saturated carbocycles. The largest absolute Gasteiger partial charge is 0.492 e. The van der Waals surface area contributed by atoms with Gasteiger partial charge < -0.3 is 19.0 Å². The molecule has 0 spiro atoms. The van der Waals surface area contributed by atoms with Crippen molar-refractivity contribution in [3.05, 3.63) is 26.9 Å². The molecule has 0 amide bonds. The molecule has 2 aromatic rings. The van der Waals surface area contributed by atoms with Crippen LogP contribution in [-0.2, 0) is 13.1 Å². The number of nitrogens with zero attached hydrogens (tertiary/aromatic N) is 2. The van der Waals surface area contributed by atoms with Crippen LogP contribution in [0.2, 0.25) is 0 Å². The molecule has 0 aliphatic carbocycles. The van der Waals surface area contributed by atoms with E-state index in [1.807, 2.05) is 13.8 Å². The molecule has 2 heterocycles. The van der Waals surface area contributed by atoms with E-state index in [4.69, 9.17) is 33.3 Å². The van der Waals surface area contributed by atoms with Gasteiger partial charge in [0.05, 0.1) is 0 Å². The van der Waals surface area contributed by atoms with Crippen LogP contribution in [-0.4, -0.2) is 19.3 Å². The lowest BCUT2D eigenvalue weighted by atomic mass is 10.4. The average Bonchev–Trinajstić information content (AvgIpc) is 2.87. The Labute approximate surface area is 130 Å². The summed E-state index contributed by atoms with van der Waals surface area (Å²) in [7, 11) is 0. The number of hydrogen-bond donors (Lipinski definition) is 2. The van der Waals surface area contributed by atoms with Gasteiger partial charge in [-0.25, -0.2) is 0 Å². The van der Waals surface area contributed by atoms with Gasteiger partial charge >= 0.3 is 0 Å². The fraction of sp³-hybridized carbons (Fsp3) is 0.308. The predicted molar refractivity (Wildman–Crippen MR) is 82.2 cm³/mol. The van der Waals surface area contributed by atoms with E-state index in [0.29, 0.717) is 13.1 Å². The van der Waals surface area contributed by atoms with Gasteiger partial charge in [0.15, 0.2) is 11.5 Å². The van der Waals surface area contributed by atoms with Crippen LogP contribution in [0.15, 0.2) is 14.6 Å². The monoisotopic (exact) mass is 326 g/mol. The molecule has 0 fully saturated rings. The summed E-state index contributed by atoms with van der Waals surface area (Å²) in [5.41, 5.74) is 2.75. The van der Waals surface area contributed by atoms with E-state index < -0.39 is 0 Å². The van der Waals surface area contributed by atoms with Crippen molar-refractivity contribution in [3.8, 4) is 11.8 Å². The summed E-state index contributed by atoms with van der Waals surface area (Å²) in [5.74, 6) is 0.233. The topological polar surface area (TPSA) is 76.6 Å². The van der Waals surface area contributed by atoms with E-state index >= 15 is 0 Å². The SMILES string of the molecule is CCn1c(O)c(C=C=Cc2oc(=S)n(CC)c2O)oc1=S. The summed E-state index contributed by atoms with van der Waals surface area (Å²) in [5, 5.41) is 19.7. The van der Waals surface area contributed by atoms with Crippen molar-refractivity contribution >= 4 is 36.6 Å². The first-order chi connectivity index (χ1) is 9.99. The first kappa shape index (κ1) is 15.4. The maximum Gasteiger partial charge on any atom is 0.272 e. The molecule has 112 valence electrons. The summed E-state index contributed by atoms with van der Waals surface area (Å²) in [6.45, 7) is 4.68. The van der Waals surface area contributed by atoms with E-state index in [9.17, 15) is 10.2 Å². The van der Waals surface area contributed by atoms with Gasteiger partial charge in [-0.3, -0.25) is 9.13 Å². The van der Waals surface area contributed by atoms with Gasteiger partial charge in [0, 0.05) is 25.2 Å². The van der Waals surface area contributed by atoms with Crippen molar-refractivity contribution in [2.75, 3.05) is 0 Å². The highest BCUT2D eigenvalue weighted by Crippen LogP contribution is 2.23. The number of aromatic hydroxyl groups is 2. The van der Waals surface area contributed by atoms with Gasteiger partial charge in [-0.05, 0) is 38.3 Å². The summed E-state index contributed by atoms with van der Waals surface area (Å²) < 4.78 is 13.3. The van der Waals surface area contributed by atoms with Gasteiger partial charge in [0.2, 0.25) is 11.8 Å². The van der Waals surface area contributed by atoms with Crippen LogP contribution >= 0.6 is 24.4 Å². The second-order valence-corrected chi connectivity index (χ2v) is 4.75. The predicted octanol–water partition coefficient (Wildman–Crippen LogP) is 3.71. The van der Waals surface area contributed by atoms with Gasteiger partial charge in [-0.2, -0.15) is 0 Å². The Morgan fingerprint density at radius 1 is 0.952 bits per heavy atom. The van der Waals surface area contributed by atoms with E-state index in [-0.39, 0.29) is 33.0 Å². The molecule has 0 aromatic carbocycles. The van der Waals surface area contributed by atoms with Gasteiger partial charge in [0.1, 0.15) is 0 Å². The molecule has 0 bridgehead atoms. The Balaban J connectivity index is 2.38. The highest BCUT2D eigenvalue weighted by Gasteiger charge is 2.10. The molecule has 8 heteroatoms. The van der Waals surface area contributed by atoms with Gasteiger partial charge in [-0.15, -0.1) is 5.73 Å². The average molecular weight is 326 g/mol. The standard InChI is InChI=1S/C13H14N2O4S2/c1-3-14-10(16)8(18-12(14)20)6-5-7-9-11(17)15(4-2)13(21)19-9/h6-7,16-17H,3-4H2,1-2H3. The normalized spacial score (nSPS) is 10.4. The Morgan fingerprint density at radius 2 is 1.33 bits per heavy atom. The summed E-state index contributed by atoms with van der Waals surface area (Å²) >= 11 is 9.93. The summed E-state index contributed by atoms with van der Waals surface area (Å²) in [4.78, 5) is 0.362. The maximum absolute atomic E-state index is 9.87. The Kier molecular flexibility index (Phi) is 4.52. The molecule has 2 N–H and O–H groups in total. The third-order valence-electron chi connectivity index (χ3n) is 2.85. The van der Waals surface area contributed by atoms with Crippen molar-refractivity contribution in [3.63, 3.8) is 0 Å². The van der Waals surface area contributed by atoms with Gasteiger partial charge in [0.25, 0.3) is 9.67 Å². The number of rotatable bonds is 4. The van der Waals surface area contributed by atoms with Crippen molar-refractivity contribution in [2.45, 2.75) is 26.9 Å². The minimum atomic E-state index is -0.0698. The van der Waals surface area contributed by atoms with Crippen LogP contribution in [0, 0.1) is 9.67 Å². The summed E-state index contributed by atoms with van der Waals surface area (Å²) in [6, 6.07) is 0. The fourth-order valence-electron chi connectivity index (χ4n) is 1.77. The zero-order valence-electron chi connectivity index (χ0n) is 11.5. The molecule has 2 rings (SSSR count). The molecule has 0 unspecified atom stereocenters. The maximum atomic E-state index is 9.87. The third-order valence-corrected chi connectivity index (χ3v) is 3.46. The van der Waals surface area contributed by atoms with Crippen LogP contribution in [0.4, 0.5) is 0 Å². The second-order valence-electron chi connectivity index (χ2n) is 4.06. The van der Waals surface area contributed by atoms with Crippen LogP contribution in [0.5, 0.6) is 11.8 Å². The lowest BCUT2D eigenvalue weighted by molar-refractivity contribution is 0.418. The van der Waals surface area contributed by atoms with E-state index in [1.165, 1.54) is 21.3 Å². The molecule has 0 atom stereocenters. The fourth-order valence-corrected chi connectivity index (χ4v) is 2.38. The van der Waals surface area contributed by atoms with Crippen LogP contribution in [0.1, 0.15) is 25.4 Å². The van der Waals surface area contributed by atoms with Crippen LogP contribution < -0.4 is 0 Å². The molecule has 0 aliphatic heterocycles. The lowest BCUT2D eigenvalue weighted by Crippen LogP contribution is -1.91. The molecule has 0 aliphatic rings. The lowest BCUT2D eigenvalue weighted by Gasteiger charge is -1.95. The molecule has 6 nitrogen and oxygen atoms in total. The Hall–Kier alpha value is -2.02. The molecule has 0 radical (unpaired) electrons. The van der Waals surface area contributed by atoms with Crippen molar-refractivity contribution in [1.29, 1.82) is 0 Å². The molecule has 0 saturated heterocycles. The Bertz CT molecular complexity index is 765. The Morgan fingerprint density at radius 3 is 1.62 bits per heavy atom. The quantitative estimate of drug-likeness (QED) is 0.659. The van der Waals surface area contributed by atoms with E-state index in [2.05, 4.69) is 5.73 Å². The third kappa shape index (κ3) is 2.87. The molecular formula is C13H14N2O4S2. The minimum absolute atomic E-state index is 0.0698. The van der Waals surface area contributed by atoms with E-state index in [1.54, 1.807) is 0 Å². The van der Waals surface area contributed by atoms with Gasteiger partial charge in [-0.1, -0.05) is 0 Å². The number of hydrogen-bond acceptors (Lipinski definition) is 6. The molecular weight excluding hydrogens is 312 g/mol. The highest BCUT2D eigenvalue weighted by atomic mass is 32.1. The first-order valence-corrected chi connectivity index (χ1v) is 7.08. The smallest absolute Gasteiger partial charge is 0.272 e. The number of oxazole rings is 2. The summed E-state index contributed by atoms with van der Waals surface area (Å²) in [6.07, 6.45) is 2.80. The van der Waals surface area contributed by atoms with Crippen LogP contribution in [0.25, 0.3) is 12.2 Å². The van der Waals surface area contributed by atoms with E-state index in [0.717, 1.165) is 0 Å². The minimum Gasteiger partial charge on any atom is -0.492 e. The number of aromatic nitrogens is 2. The highest BCUT2D eigenvalue weighted by molar-refractivity contribution is 7.71. The molecule has 21 heavy (non-hydrogen) atoms. The first-order valence-electron chi connectivity index (χ1n) is 6.27. The van der Waals surface area contributed by atoms with Crippen molar-refractivity contribution in [1.82, 2.24) is 9.13 Å². The molecule has 2 aromatic heterocycles. The zero-order valence-corrected chi connectivity index (χ0v) is 13.1. The second kappa shape index (κ2) is 6.17. The van der Waals surface area contributed by atoms with Crippen molar-refractivity contribution in [2.24, 2.45) is 0 Å². The van der Waals surface area contributed by atoms with Crippen molar-refractivity contribution < 1.29 is 19.0 Å². The zero-order chi connectivity index (χ0) is 15.6.